The molecule has 1 saturated heterocycles. The first kappa shape index (κ1) is 40.9. The van der Waals surface area contributed by atoms with Gasteiger partial charge in [0.05, 0.1) is 9.82 Å². The third-order valence-corrected chi connectivity index (χ3v) is 12.6. The lowest BCUT2D eigenvalue weighted by molar-refractivity contribution is -0.384. The fourth-order valence-corrected chi connectivity index (χ4v) is 8.79. The van der Waals surface area contributed by atoms with Crippen molar-refractivity contribution in [3.8, 4) is 11.1 Å². The summed E-state index contributed by atoms with van der Waals surface area (Å²) in [6, 6.07) is 37.1. The summed E-state index contributed by atoms with van der Waals surface area (Å²) < 4.78 is 29.8. The summed E-state index contributed by atoms with van der Waals surface area (Å²) in [7, 11) is -0.502. The Labute approximate surface area is 341 Å². The maximum Gasteiger partial charge on any atom is 0.293 e. The quantitative estimate of drug-likeness (QED) is 0.0573. The SMILES string of the molecule is CN(C)CC[C@H](CSc1ccccc1)Nc1ccc(S(=O)(=O)NC(=O)c2ccc(N3CCN(Cc4ccccc4-c4ccc(Br)cc4)CC3)cc2)cc1[N+](=O)[O-]. The molecule has 0 spiro atoms. The lowest BCUT2D eigenvalue weighted by Crippen LogP contribution is -2.46. The molecule has 2 N–H and O–H groups in total. The number of rotatable bonds is 16. The number of benzene rings is 5. The number of sulfonamides is 1. The summed E-state index contributed by atoms with van der Waals surface area (Å²) in [4.78, 5) is 32.1. The van der Waals surface area contributed by atoms with Gasteiger partial charge in [0.2, 0.25) is 0 Å². The molecule has 1 aliphatic heterocycles. The molecule has 1 amide bonds. The Bertz CT molecular complexity index is 2220. The average Bonchev–Trinajstić information content (AvgIpc) is 3.20. The normalized spacial score (nSPS) is 14.0. The van der Waals surface area contributed by atoms with Crippen molar-refractivity contribution in [2.24, 2.45) is 0 Å². The number of hydrogen-bond donors (Lipinski definition) is 2. The molecule has 1 fully saturated rings. The lowest BCUT2D eigenvalue weighted by Gasteiger charge is -2.36. The van der Waals surface area contributed by atoms with Crippen LogP contribution in [0.25, 0.3) is 11.1 Å². The highest BCUT2D eigenvalue weighted by atomic mass is 79.9. The van der Waals surface area contributed by atoms with Crippen LogP contribution in [-0.2, 0) is 16.6 Å². The maximum atomic E-state index is 13.4. The molecule has 0 saturated carbocycles. The summed E-state index contributed by atoms with van der Waals surface area (Å²) in [6.45, 7) is 4.90. The molecule has 1 heterocycles. The number of carbonyl (C=O) groups excluding carboxylic acids is 1. The van der Waals surface area contributed by atoms with E-state index in [2.05, 4.69) is 84.3 Å². The van der Waals surface area contributed by atoms with E-state index in [1.165, 1.54) is 28.8 Å². The van der Waals surface area contributed by atoms with Gasteiger partial charge in [0.1, 0.15) is 5.69 Å². The first-order valence-corrected chi connectivity index (χ1v) is 21.6. The molecule has 5 aromatic rings. The van der Waals surface area contributed by atoms with Crippen molar-refractivity contribution in [1.29, 1.82) is 0 Å². The molecule has 14 heteroatoms. The number of nitro groups is 1. The highest BCUT2D eigenvalue weighted by molar-refractivity contribution is 9.10. The Morgan fingerprint density at radius 2 is 1.57 bits per heavy atom. The zero-order valence-electron chi connectivity index (χ0n) is 31.3. The van der Waals surface area contributed by atoms with Crippen molar-refractivity contribution in [3.63, 3.8) is 0 Å². The van der Waals surface area contributed by atoms with Crippen LogP contribution in [-0.4, -0.2) is 87.7 Å². The number of hydrogen-bond acceptors (Lipinski definition) is 10. The zero-order valence-corrected chi connectivity index (χ0v) is 34.5. The molecule has 11 nitrogen and oxygen atoms in total. The fourth-order valence-electron chi connectivity index (χ4n) is 6.53. The number of amides is 1. The maximum absolute atomic E-state index is 13.4. The van der Waals surface area contributed by atoms with E-state index in [9.17, 15) is 23.3 Å². The number of anilines is 2. The van der Waals surface area contributed by atoms with Crippen molar-refractivity contribution >= 4 is 60.7 Å². The van der Waals surface area contributed by atoms with Gasteiger partial charge in [-0.05, 0) is 104 Å². The molecular weight excluding hydrogens is 813 g/mol. The molecule has 0 unspecified atom stereocenters. The zero-order chi connectivity index (χ0) is 39.7. The van der Waals surface area contributed by atoms with Crippen LogP contribution in [0.1, 0.15) is 22.3 Å². The number of nitrogens with one attached hydrogen (secondary N) is 2. The number of halogens is 1. The molecular formula is C42H45BrN6O5S2. The van der Waals surface area contributed by atoms with E-state index in [0.29, 0.717) is 12.2 Å². The summed E-state index contributed by atoms with van der Waals surface area (Å²) in [5.41, 5.74) is 4.59. The van der Waals surface area contributed by atoms with Crippen LogP contribution in [0.5, 0.6) is 0 Å². The van der Waals surface area contributed by atoms with Crippen LogP contribution < -0.4 is 14.9 Å². The number of thioether (sulfide) groups is 1. The second-order valence-corrected chi connectivity index (χ2v) is 17.6. The summed E-state index contributed by atoms with van der Waals surface area (Å²) >= 11 is 5.16. The molecule has 0 radical (unpaired) electrons. The van der Waals surface area contributed by atoms with Crippen molar-refractivity contribution < 1.29 is 18.1 Å². The Morgan fingerprint density at radius 3 is 2.25 bits per heavy atom. The summed E-state index contributed by atoms with van der Waals surface area (Å²) in [5.74, 6) is -0.180. The number of nitrogens with zero attached hydrogens (tertiary/aromatic N) is 4. The van der Waals surface area contributed by atoms with Gasteiger partial charge in [-0.25, -0.2) is 13.1 Å². The lowest BCUT2D eigenvalue weighted by atomic mass is 9.99. The van der Waals surface area contributed by atoms with Crippen LogP contribution in [0, 0.1) is 10.1 Å². The van der Waals surface area contributed by atoms with E-state index in [1.54, 1.807) is 23.9 Å². The van der Waals surface area contributed by atoms with E-state index >= 15 is 0 Å². The average molecular weight is 858 g/mol. The van der Waals surface area contributed by atoms with Crippen molar-refractivity contribution in [3.05, 3.63) is 147 Å². The first-order valence-electron chi connectivity index (χ1n) is 18.3. The van der Waals surface area contributed by atoms with Gasteiger partial charge in [-0.1, -0.05) is 70.5 Å². The predicted octanol–water partition coefficient (Wildman–Crippen LogP) is 7.99. The van der Waals surface area contributed by atoms with E-state index in [1.807, 2.05) is 61.5 Å². The Balaban J connectivity index is 1.06. The number of carbonyl (C=O) groups is 1. The molecule has 1 aliphatic rings. The topological polar surface area (TPSA) is 128 Å². The molecule has 0 aromatic heterocycles. The first-order chi connectivity index (χ1) is 26.9. The largest absolute Gasteiger partial charge is 0.376 e. The Kier molecular flexibility index (Phi) is 13.8. The minimum atomic E-state index is -4.42. The third kappa shape index (κ3) is 11.0. The number of piperazine rings is 1. The van der Waals surface area contributed by atoms with Crippen LogP contribution >= 0.6 is 27.7 Å². The fraction of sp³-hybridized carbons (Fsp3) is 0.262. The molecule has 56 heavy (non-hydrogen) atoms. The molecule has 292 valence electrons. The second-order valence-electron chi connectivity index (χ2n) is 13.9. The van der Waals surface area contributed by atoms with Crippen molar-refractivity contribution in [2.45, 2.75) is 28.8 Å². The van der Waals surface area contributed by atoms with E-state index < -0.39 is 26.5 Å². The highest BCUT2D eigenvalue weighted by Crippen LogP contribution is 2.31. The minimum absolute atomic E-state index is 0.138. The second kappa shape index (κ2) is 18.9. The third-order valence-electron chi connectivity index (χ3n) is 9.62. The van der Waals surface area contributed by atoms with E-state index in [-0.39, 0.29) is 22.2 Å². The van der Waals surface area contributed by atoms with Gasteiger partial charge in [-0.3, -0.25) is 19.8 Å². The molecule has 5 aromatic carbocycles. The van der Waals surface area contributed by atoms with Crippen LogP contribution in [0.3, 0.4) is 0 Å². The molecule has 6 rings (SSSR count). The Hall–Kier alpha value is -4.73. The van der Waals surface area contributed by atoms with Gasteiger partial charge < -0.3 is 15.1 Å². The predicted molar refractivity (Wildman–Crippen MR) is 229 cm³/mol. The van der Waals surface area contributed by atoms with Crippen LogP contribution in [0.2, 0.25) is 0 Å². The van der Waals surface area contributed by atoms with Gasteiger partial charge in [0, 0.05) is 71.2 Å². The van der Waals surface area contributed by atoms with E-state index in [0.717, 1.165) is 60.4 Å². The van der Waals surface area contributed by atoms with E-state index in [4.69, 9.17) is 0 Å². The van der Waals surface area contributed by atoms with Crippen molar-refractivity contribution in [1.82, 2.24) is 14.5 Å². The van der Waals surface area contributed by atoms with Gasteiger partial charge in [0.15, 0.2) is 0 Å². The highest BCUT2D eigenvalue weighted by Gasteiger charge is 2.26. The van der Waals surface area contributed by atoms with Gasteiger partial charge in [0.25, 0.3) is 21.6 Å². The van der Waals surface area contributed by atoms with Crippen LogP contribution in [0.15, 0.2) is 136 Å². The van der Waals surface area contributed by atoms with Gasteiger partial charge in [-0.15, -0.1) is 11.8 Å². The van der Waals surface area contributed by atoms with Gasteiger partial charge in [-0.2, -0.15) is 0 Å². The van der Waals surface area contributed by atoms with Crippen molar-refractivity contribution in [2.75, 3.05) is 62.8 Å². The van der Waals surface area contributed by atoms with Crippen LogP contribution in [0.4, 0.5) is 17.1 Å². The smallest absolute Gasteiger partial charge is 0.293 e. The minimum Gasteiger partial charge on any atom is -0.376 e. The molecule has 1 atom stereocenters. The Morgan fingerprint density at radius 1 is 0.893 bits per heavy atom. The molecule has 0 bridgehead atoms. The summed E-state index contributed by atoms with van der Waals surface area (Å²) in [5, 5.41) is 15.4. The number of nitro benzene ring substituents is 1. The summed E-state index contributed by atoms with van der Waals surface area (Å²) in [6.07, 6.45) is 0.706. The standard InChI is InChI=1S/C42H45BrN6O5S2/c1-46(2)23-22-35(30-55-37-9-4-3-5-10-37)44-40-21-20-38(28-41(40)49(51)52)56(53,54)45-42(50)32-14-18-36(19-15-32)48-26-24-47(25-27-48)29-33-8-6-7-11-39(33)31-12-16-34(43)17-13-31/h3-21,28,35,44H,22-27,29-30H2,1-2H3,(H,45,50)/t35-/m1/s1. The molecule has 0 aliphatic carbocycles. The monoisotopic (exact) mass is 856 g/mol. The van der Waals surface area contributed by atoms with Gasteiger partial charge >= 0.3 is 0 Å².